The van der Waals surface area contributed by atoms with E-state index < -0.39 is 40.6 Å². The van der Waals surface area contributed by atoms with Crippen molar-refractivity contribution in [2.24, 2.45) is 0 Å². The van der Waals surface area contributed by atoms with Crippen LogP contribution in [0.2, 0.25) is 0 Å². The first-order valence-corrected chi connectivity index (χ1v) is 8.78. The Morgan fingerprint density at radius 3 is 1.70 bits per heavy atom. The van der Waals surface area contributed by atoms with Crippen LogP contribution in [0.1, 0.15) is 10.4 Å². The van der Waals surface area contributed by atoms with Crippen molar-refractivity contribution < 1.29 is 32.2 Å². The molecule has 0 aliphatic carbocycles. The maximum absolute atomic E-state index is 13.9. The van der Waals surface area contributed by atoms with E-state index in [1.807, 2.05) is 67.8 Å². The quantitative estimate of drug-likeness (QED) is 0.281. The number of carbonyl (C=O) groups is 1. The maximum atomic E-state index is 13.9. The minimum atomic E-state index is -2.37. The van der Waals surface area contributed by atoms with Gasteiger partial charge in [0.25, 0.3) is 0 Å². The van der Waals surface area contributed by atoms with Gasteiger partial charge in [0.2, 0.25) is 17.4 Å². The number of benzene rings is 2. The monoisotopic (exact) mass is 663 g/mol. The first kappa shape index (κ1) is 19.0. The highest BCUT2D eigenvalue weighted by Gasteiger charge is 2.28. The van der Waals surface area contributed by atoms with Crippen LogP contribution in [0, 0.1) is 34.0 Å². The van der Waals surface area contributed by atoms with Gasteiger partial charge in [0.15, 0.2) is 17.4 Å². The first-order chi connectivity index (χ1) is 10.6. The van der Waals surface area contributed by atoms with Crippen molar-refractivity contribution in [3.63, 3.8) is 0 Å². The average molecular weight is 663 g/mol. The predicted molar refractivity (Wildman–Crippen MR) is 95.3 cm³/mol. The molecule has 0 aromatic heterocycles. The Hall–Kier alpha value is -0.380. The molecule has 0 saturated heterocycles. The van der Waals surface area contributed by atoms with Crippen LogP contribution < -0.4 is 9.84 Å². The summed E-state index contributed by atoms with van der Waals surface area (Å²) in [5.74, 6) is -11.8. The van der Waals surface area contributed by atoms with Gasteiger partial charge in [-0.05, 0) is 79.9 Å². The van der Waals surface area contributed by atoms with E-state index in [-0.39, 0.29) is 5.75 Å². The molecular formula is C13H2F4I3O3-. The number of rotatable bonds is 3. The third-order valence-corrected chi connectivity index (χ3v) is 4.82. The standard InChI is InChI=1S/C13H3F4I3O3/c14-7-6(13(21)22)8(15)10(17)12(9(7)16)23-11-4(19)1-3(18)2-5(11)20/h1-2H,(H,21,22)/p-1. The van der Waals surface area contributed by atoms with E-state index in [1.54, 1.807) is 12.1 Å². The van der Waals surface area contributed by atoms with Gasteiger partial charge >= 0.3 is 0 Å². The second kappa shape index (κ2) is 7.25. The van der Waals surface area contributed by atoms with E-state index in [9.17, 15) is 27.5 Å². The molecule has 122 valence electrons. The second-order valence-electron chi connectivity index (χ2n) is 4.05. The van der Waals surface area contributed by atoms with Crippen LogP contribution in [-0.2, 0) is 0 Å². The van der Waals surface area contributed by atoms with Gasteiger partial charge in [-0.2, -0.15) is 8.78 Å². The fraction of sp³-hybridized carbons (Fsp3) is 0. The molecule has 0 radical (unpaired) electrons. The summed E-state index contributed by atoms with van der Waals surface area (Å²) in [6.45, 7) is 0. The van der Waals surface area contributed by atoms with E-state index >= 15 is 0 Å². The minimum Gasteiger partial charge on any atom is -0.545 e. The summed E-state index contributed by atoms with van der Waals surface area (Å²) in [6, 6.07) is 3.24. The van der Waals surface area contributed by atoms with Crippen molar-refractivity contribution in [2.45, 2.75) is 0 Å². The van der Waals surface area contributed by atoms with Crippen molar-refractivity contribution >= 4 is 73.7 Å². The lowest BCUT2D eigenvalue weighted by Crippen LogP contribution is -2.26. The Morgan fingerprint density at radius 2 is 1.30 bits per heavy atom. The number of hydrogen-bond donors (Lipinski definition) is 0. The van der Waals surface area contributed by atoms with Crippen molar-refractivity contribution in [1.29, 1.82) is 0 Å². The third-order valence-electron chi connectivity index (χ3n) is 2.59. The lowest BCUT2D eigenvalue weighted by atomic mass is 10.1. The highest BCUT2D eigenvalue weighted by atomic mass is 127. The van der Waals surface area contributed by atoms with Crippen molar-refractivity contribution in [2.75, 3.05) is 0 Å². The summed E-state index contributed by atoms with van der Waals surface area (Å²) in [5.41, 5.74) is -1.82. The number of ether oxygens (including phenoxy) is 1. The zero-order valence-electron chi connectivity index (χ0n) is 10.5. The Kier molecular flexibility index (Phi) is 5.97. The molecule has 2 rings (SSSR count). The topological polar surface area (TPSA) is 49.4 Å². The smallest absolute Gasteiger partial charge is 0.205 e. The molecule has 0 bridgehead atoms. The van der Waals surface area contributed by atoms with Crippen LogP contribution in [0.5, 0.6) is 11.5 Å². The number of aromatic carboxylic acids is 1. The van der Waals surface area contributed by atoms with Crippen LogP contribution in [0.15, 0.2) is 12.1 Å². The number of hydrogen-bond acceptors (Lipinski definition) is 3. The fourth-order valence-corrected chi connectivity index (χ4v) is 5.41. The lowest BCUT2D eigenvalue weighted by Gasteiger charge is -2.15. The van der Waals surface area contributed by atoms with Crippen LogP contribution in [0.3, 0.4) is 0 Å². The Labute approximate surface area is 167 Å². The molecular weight excluding hydrogens is 661 g/mol. The Balaban J connectivity index is 2.65. The van der Waals surface area contributed by atoms with Crippen molar-refractivity contribution in [1.82, 2.24) is 0 Å². The second-order valence-corrected chi connectivity index (χ2v) is 7.62. The van der Waals surface area contributed by atoms with Crippen LogP contribution >= 0.6 is 67.8 Å². The van der Waals surface area contributed by atoms with Crippen LogP contribution in [0.4, 0.5) is 17.6 Å². The molecule has 0 aliphatic heterocycles. The maximum Gasteiger partial charge on any atom is 0.205 e. The highest BCUT2D eigenvalue weighted by Crippen LogP contribution is 2.37. The summed E-state index contributed by atoms with van der Waals surface area (Å²) >= 11 is 5.66. The van der Waals surface area contributed by atoms with Gasteiger partial charge < -0.3 is 14.6 Å². The molecule has 0 fully saturated rings. The molecule has 0 amide bonds. The molecule has 0 aliphatic rings. The summed E-state index contributed by atoms with van der Waals surface area (Å²) in [4.78, 5) is 10.6. The van der Waals surface area contributed by atoms with Gasteiger partial charge in [0, 0.05) is 3.57 Å². The van der Waals surface area contributed by atoms with Crippen LogP contribution in [0.25, 0.3) is 0 Å². The number of carboxylic acid groups (broad SMARTS) is 1. The molecule has 0 N–H and O–H groups in total. The van der Waals surface area contributed by atoms with E-state index in [0.29, 0.717) is 7.14 Å². The molecule has 3 nitrogen and oxygen atoms in total. The summed E-state index contributed by atoms with van der Waals surface area (Å²) < 4.78 is 61.7. The minimum absolute atomic E-state index is 0.00980. The summed E-state index contributed by atoms with van der Waals surface area (Å²) in [6.07, 6.45) is 0. The molecule has 2 aromatic rings. The van der Waals surface area contributed by atoms with Crippen LogP contribution in [-0.4, -0.2) is 5.97 Å². The Morgan fingerprint density at radius 1 is 0.870 bits per heavy atom. The molecule has 0 unspecified atom stereocenters. The lowest BCUT2D eigenvalue weighted by molar-refractivity contribution is -0.255. The SMILES string of the molecule is O=C([O-])c1c(F)c(F)c(Oc2c(I)cc(I)cc2I)c(F)c1F. The molecule has 0 saturated carbocycles. The number of halogens is 7. The third kappa shape index (κ3) is 3.67. The Bertz CT molecular complexity index is 775. The molecule has 10 heteroatoms. The normalized spacial score (nSPS) is 10.7. The molecule has 0 atom stereocenters. The highest BCUT2D eigenvalue weighted by molar-refractivity contribution is 14.1. The van der Waals surface area contributed by atoms with E-state index in [0.717, 1.165) is 3.57 Å². The van der Waals surface area contributed by atoms with E-state index in [1.165, 1.54) is 0 Å². The first-order valence-electron chi connectivity index (χ1n) is 5.54. The molecule has 0 spiro atoms. The van der Waals surface area contributed by atoms with Crippen molar-refractivity contribution in [3.8, 4) is 11.5 Å². The number of carbonyl (C=O) groups excluding carboxylic acids is 1. The van der Waals surface area contributed by atoms with E-state index in [4.69, 9.17) is 4.74 Å². The van der Waals surface area contributed by atoms with E-state index in [2.05, 4.69) is 0 Å². The number of carboxylic acids is 1. The molecule has 0 heterocycles. The summed E-state index contributed by atoms with van der Waals surface area (Å²) in [7, 11) is 0. The summed E-state index contributed by atoms with van der Waals surface area (Å²) in [5, 5.41) is 10.6. The largest absolute Gasteiger partial charge is 0.545 e. The predicted octanol–water partition coefficient (Wildman–Crippen LogP) is 4.21. The fourth-order valence-electron chi connectivity index (χ4n) is 1.61. The molecule has 2 aromatic carbocycles. The molecule has 23 heavy (non-hydrogen) atoms. The van der Waals surface area contributed by atoms with Gasteiger partial charge in [-0.15, -0.1) is 0 Å². The zero-order chi connectivity index (χ0) is 17.5. The zero-order valence-corrected chi connectivity index (χ0v) is 17.0. The van der Waals surface area contributed by atoms with Crippen molar-refractivity contribution in [3.05, 3.63) is 51.7 Å². The van der Waals surface area contributed by atoms with Gasteiger partial charge in [-0.3, -0.25) is 0 Å². The van der Waals surface area contributed by atoms with Gasteiger partial charge in [0.05, 0.1) is 18.7 Å². The van der Waals surface area contributed by atoms with Gasteiger partial charge in [-0.1, -0.05) is 0 Å². The van der Waals surface area contributed by atoms with Gasteiger partial charge in [0.1, 0.15) is 0 Å². The van der Waals surface area contributed by atoms with Gasteiger partial charge in [-0.25, -0.2) is 8.78 Å². The average Bonchev–Trinajstić information content (AvgIpc) is 2.43.